The fourth-order valence-corrected chi connectivity index (χ4v) is 3.39. The first-order chi connectivity index (χ1) is 12.7. The predicted molar refractivity (Wildman–Crippen MR) is 100 cm³/mol. The number of hydrogen-bond acceptors (Lipinski definition) is 3. The normalized spacial score (nSPS) is 13.5. The van der Waals surface area contributed by atoms with Crippen LogP contribution in [0.15, 0.2) is 48.5 Å². The lowest BCUT2D eigenvalue weighted by atomic mass is 10.0. The summed E-state index contributed by atoms with van der Waals surface area (Å²) in [4.78, 5) is 17.3. The van der Waals surface area contributed by atoms with Gasteiger partial charge in [-0.1, -0.05) is 30.3 Å². The van der Waals surface area contributed by atoms with E-state index >= 15 is 0 Å². The predicted octanol–water partition coefficient (Wildman–Crippen LogP) is 4.26. The highest BCUT2D eigenvalue weighted by molar-refractivity contribution is 5.86. The lowest BCUT2D eigenvalue weighted by Gasteiger charge is -2.26. The fourth-order valence-electron chi connectivity index (χ4n) is 3.39. The number of rotatable bonds is 4. The van der Waals surface area contributed by atoms with E-state index in [1.54, 1.807) is 4.90 Å². The van der Waals surface area contributed by atoms with E-state index in [0.717, 1.165) is 34.2 Å². The Bertz CT molecular complexity index is 918. The standard InChI is InChI=1S/C21H22N2O3/c1-2-25-21(24)23-11-10-20-18(13-23)17-12-16(8-9-19(17)22-20)26-14-15-6-4-3-5-7-15/h3-9,12,22H,2,10-11,13-14H2,1H3. The van der Waals surface area contributed by atoms with Gasteiger partial charge in [0.2, 0.25) is 0 Å². The van der Waals surface area contributed by atoms with Crippen LogP contribution in [0.3, 0.4) is 0 Å². The number of nitrogens with one attached hydrogen (secondary N) is 1. The van der Waals surface area contributed by atoms with Crippen LogP contribution >= 0.6 is 0 Å². The van der Waals surface area contributed by atoms with E-state index in [0.29, 0.717) is 26.3 Å². The monoisotopic (exact) mass is 350 g/mol. The van der Waals surface area contributed by atoms with Gasteiger partial charge in [-0.15, -0.1) is 0 Å². The van der Waals surface area contributed by atoms with Crippen molar-refractivity contribution in [2.45, 2.75) is 26.5 Å². The molecule has 5 nitrogen and oxygen atoms in total. The van der Waals surface area contributed by atoms with Crippen LogP contribution < -0.4 is 4.74 Å². The van der Waals surface area contributed by atoms with Crippen molar-refractivity contribution in [2.75, 3.05) is 13.2 Å². The van der Waals surface area contributed by atoms with Crippen LogP contribution in [0.5, 0.6) is 5.75 Å². The minimum atomic E-state index is -0.246. The van der Waals surface area contributed by atoms with Crippen molar-refractivity contribution in [3.05, 3.63) is 65.4 Å². The second kappa shape index (κ2) is 7.12. The van der Waals surface area contributed by atoms with Crippen LogP contribution in [-0.2, 0) is 24.3 Å². The number of nitrogens with zero attached hydrogens (tertiary/aromatic N) is 1. The average molecular weight is 350 g/mol. The Morgan fingerprint density at radius 3 is 2.85 bits per heavy atom. The van der Waals surface area contributed by atoms with Gasteiger partial charge in [0.15, 0.2) is 0 Å². The zero-order chi connectivity index (χ0) is 17.9. The molecule has 2 aromatic carbocycles. The molecule has 0 fully saturated rings. The first-order valence-electron chi connectivity index (χ1n) is 8.96. The van der Waals surface area contributed by atoms with Crippen molar-refractivity contribution in [1.82, 2.24) is 9.88 Å². The molecule has 0 atom stereocenters. The van der Waals surface area contributed by atoms with Gasteiger partial charge in [0.25, 0.3) is 0 Å². The Hall–Kier alpha value is -2.95. The van der Waals surface area contributed by atoms with Crippen molar-refractivity contribution in [1.29, 1.82) is 0 Å². The number of carbonyl (C=O) groups is 1. The second-order valence-electron chi connectivity index (χ2n) is 6.43. The molecule has 26 heavy (non-hydrogen) atoms. The summed E-state index contributed by atoms with van der Waals surface area (Å²) in [6, 6.07) is 16.2. The fraction of sp³-hybridized carbons (Fsp3) is 0.286. The topological polar surface area (TPSA) is 54.6 Å². The summed E-state index contributed by atoms with van der Waals surface area (Å²) in [5.74, 6) is 0.830. The minimum Gasteiger partial charge on any atom is -0.489 e. The molecule has 1 N–H and O–H groups in total. The SMILES string of the molecule is CCOC(=O)N1CCc2[nH]c3ccc(OCc4ccccc4)cc3c2C1. The summed E-state index contributed by atoms with van der Waals surface area (Å²) in [6.45, 7) is 4.00. The van der Waals surface area contributed by atoms with Gasteiger partial charge in [0, 0.05) is 35.1 Å². The first-order valence-corrected chi connectivity index (χ1v) is 8.96. The lowest BCUT2D eigenvalue weighted by Crippen LogP contribution is -2.36. The van der Waals surface area contributed by atoms with Crippen molar-refractivity contribution < 1.29 is 14.3 Å². The molecule has 0 unspecified atom stereocenters. The van der Waals surface area contributed by atoms with E-state index in [2.05, 4.69) is 11.1 Å². The maximum absolute atomic E-state index is 12.1. The summed E-state index contributed by atoms with van der Waals surface area (Å²) >= 11 is 0. The number of fused-ring (bicyclic) bond motifs is 3. The van der Waals surface area contributed by atoms with Gasteiger partial charge in [-0.3, -0.25) is 0 Å². The third-order valence-electron chi connectivity index (χ3n) is 4.72. The molecule has 134 valence electrons. The Labute approximate surface area is 152 Å². The maximum atomic E-state index is 12.1. The zero-order valence-corrected chi connectivity index (χ0v) is 14.8. The highest BCUT2D eigenvalue weighted by Gasteiger charge is 2.24. The van der Waals surface area contributed by atoms with Crippen LogP contribution in [0, 0.1) is 0 Å². The summed E-state index contributed by atoms with van der Waals surface area (Å²) < 4.78 is 11.1. The molecule has 3 aromatic rings. The van der Waals surface area contributed by atoms with E-state index in [4.69, 9.17) is 9.47 Å². The molecular formula is C21H22N2O3. The molecule has 5 heteroatoms. The van der Waals surface area contributed by atoms with Gasteiger partial charge >= 0.3 is 6.09 Å². The van der Waals surface area contributed by atoms with Gasteiger partial charge in [-0.25, -0.2) is 4.79 Å². The highest BCUT2D eigenvalue weighted by atomic mass is 16.6. The van der Waals surface area contributed by atoms with Gasteiger partial charge in [0.1, 0.15) is 12.4 Å². The Balaban J connectivity index is 1.56. The molecule has 0 bridgehead atoms. The number of aromatic nitrogens is 1. The van der Waals surface area contributed by atoms with Gasteiger partial charge < -0.3 is 19.4 Å². The van der Waals surface area contributed by atoms with E-state index < -0.39 is 0 Å². The van der Waals surface area contributed by atoms with Gasteiger partial charge in [0.05, 0.1) is 13.2 Å². The lowest BCUT2D eigenvalue weighted by molar-refractivity contribution is 0.103. The molecule has 0 radical (unpaired) electrons. The molecule has 1 amide bonds. The van der Waals surface area contributed by atoms with E-state index in [1.165, 1.54) is 5.69 Å². The number of amides is 1. The Morgan fingerprint density at radius 1 is 1.19 bits per heavy atom. The summed E-state index contributed by atoms with van der Waals surface area (Å²) in [6.07, 6.45) is 0.562. The quantitative estimate of drug-likeness (QED) is 0.765. The van der Waals surface area contributed by atoms with Crippen molar-refractivity contribution in [3.63, 3.8) is 0 Å². The zero-order valence-electron chi connectivity index (χ0n) is 14.8. The molecule has 1 aliphatic rings. The van der Waals surface area contributed by atoms with Crippen LogP contribution in [0.25, 0.3) is 10.9 Å². The number of benzene rings is 2. The molecule has 1 aromatic heterocycles. The summed E-state index contributed by atoms with van der Waals surface area (Å²) in [5.41, 5.74) is 4.56. The van der Waals surface area contributed by atoms with Crippen molar-refractivity contribution in [3.8, 4) is 5.75 Å². The van der Waals surface area contributed by atoms with E-state index in [1.807, 2.05) is 49.4 Å². The average Bonchev–Trinajstić information content (AvgIpc) is 3.04. The van der Waals surface area contributed by atoms with E-state index in [-0.39, 0.29) is 6.09 Å². The number of ether oxygens (including phenoxy) is 2. The van der Waals surface area contributed by atoms with Crippen LogP contribution in [0.2, 0.25) is 0 Å². The molecule has 0 aliphatic carbocycles. The third-order valence-corrected chi connectivity index (χ3v) is 4.72. The molecule has 0 saturated carbocycles. The van der Waals surface area contributed by atoms with Crippen LogP contribution in [-0.4, -0.2) is 29.1 Å². The smallest absolute Gasteiger partial charge is 0.410 e. The van der Waals surface area contributed by atoms with Crippen molar-refractivity contribution in [2.24, 2.45) is 0 Å². The van der Waals surface area contributed by atoms with E-state index in [9.17, 15) is 4.79 Å². The summed E-state index contributed by atoms with van der Waals surface area (Å²) in [7, 11) is 0. The number of hydrogen-bond donors (Lipinski definition) is 1. The molecule has 4 rings (SSSR count). The minimum absolute atomic E-state index is 0.246. The molecule has 0 spiro atoms. The first kappa shape index (κ1) is 16.5. The van der Waals surface area contributed by atoms with Crippen LogP contribution in [0.4, 0.5) is 4.79 Å². The second-order valence-corrected chi connectivity index (χ2v) is 6.43. The molecule has 0 saturated heterocycles. The number of carbonyl (C=O) groups excluding carboxylic acids is 1. The maximum Gasteiger partial charge on any atom is 0.410 e. The number of aromatic amines is 1. The molecule has 1 aliphatic heterocycles. The largest absolute Gasteiger partial charge is 0.489 e. The Kier molecular flexibility index (Phi) is 4.52. The van der Waals surface area contributed by atoms with Gasteiger partial charge in [-0.05, 0) is 30.7 Å². The van der Waals surface area contributed by atoms with Crippen LogP contribution in [0.1, 0.15) is 23.7 Å². The summed E-state index contributed by atoms with van der Waals surface area (Å²) in [5, 5.41) is 1.11. The third kappa shape index (κ3) is 3.25. The molecular weight excluding hydrogens is 328 g/mol. The van der Waals surface area contributed by atoms with Gasteiger partial charge in [-0.2, -0.15) is 0 Å². The number of H-pyrrole nitrogens is 1. The highest BCUT2D eigenvalue weighted by Crippen LogP contribution is 2.31. The molecule has 2 heterocycles. The van der Waals surface area contributed by atoms with Crippen molar-refractivity contribution >= 4 is 17.0 Å². The Morgan fingerprint density at radius 2 is 2.04 bits per heavy atom.